The van der Waals surface area contributed by atoms with E-state index in [1.54, 1.807) is 0 Å². The van der Waals surface area contributed by atoms with Gasteiger partial charge in [-0.3, -0.25) is 4.79 Å². The van der Waals surface area contributed by atoms with Gasteiger partial charge in [0.15, 0.2) is 0 Å². The second-order valence-electron chi connectivity index (χ2n) is 16.3. The van der Waals surface area contributed by atoms with Crippen LogP contribution in [0.5, 0.6) is 0 Å². The Balaban J connectivity index is 1.47. The molecule has 0 spiro atoms. The highest BCUT2D eigenvalue weighted by Crippen LogP contribution is 2.73. The van der Waals surface area contributed by atoms with Crippen LogP contribution in [0.3, 0.4) is 0 Å². The summed E-state index contributed by atoms with van der Waals surface area (Å²) in [5, 5.41) is 0. The number of hydrogen-bond acceptors (Lipinski definition) is 2. The van der Waals surface area contributed by atoms with Gasteiger partial charge >= 0.3 is 5.97 Å². The lowest BCUT2D eigenvalue weighted by molar-refractivity contribution is -0.177. The van der Waals surface area contributed by atoms with Crippen LogP contribution >= 0.6 is 0 Å². The van der Waals surface area contributed by atoms with Crippen LogP contribution in [0.1, 0.15) is 159 Å². The zero-order valence-corrected chi connectivity index (χ0v) is 28.0. The van der Waals surface area contributed by atoms with Gasteiger partial charge in [0.2, 0.25) is 0 Å². The van der Waals surface area contributed by atoms with Gasteiger partial charge in [0, 0.05) is 11.8 Å². The molecule has 4 aliphatic rings. The Hall–Kier alpha value is -1.05. The molecule has 0 aromatic carbocycles. The van der Waals surface area contributed by atoms with E-state index in [0.717, 1.165) is 37.5 Å². The molecule has 0 bridgehead atoms. The highest BCUT2D eigenvalue weighted by molar-refractivity contribution is 5.69. The molecular formula is C38H64O2. The van der Waals surface area contributed by atoms with Crippen molar-refractivity contribution in [2.75, 3.05) is 0 Å². The summed E-state index contributed by atoms with van der Waals surface area (Å²) in [5.41, 5.74) is 4.38. The lowest BCUT2D eigenvalue weighted by Crippen LogP contribution is -2.58. The van der Waals surface area contributed by atoms with Gasteiger partial charge in [0.05, 0.1) is 0 Å². The fraction of sp³-hybridized carbons (Fsp3) is 0.868. The SMILES string of the molecule is CCCCCCCC(=O)O[C@H]1CC[C@]2(C)[C@H]3CC[C@@]4(C)[C@H]([C@@H](C)CCC=C(C)C)CC[C@]4(C)C3=CC[C@H]2C1(C)C. The van der Waals surface area contributed by atoms with E-state index in [9.17, 15) is 4.79 Å². The van der Waals surface area contributed by atoms with Crippen LogP contribution in [0.4, 0.5) is 0 Å². The number of fused-ring (bicyclic) bond motifs is 5. The van der Waals surface area contributed by atoms with Crippen molar-refractivity contribution in [2.45, 2.75) is 165 Å². The molecule has 4 rings (SSSR count). The number of carbonyl (C=O) groups is 1. The van der Waals surface area contributed by atoms with Crippen molar-refractivity contribution in [2.24, 2.45) is 45.3 Å². The first kappa shape index (κ1) is 31.9. The molecule has 0 aliphatic heterocycles. The summed E-state index contributed by atoms with van der Waals surface area (Å²) in [6.07, 6.45) is 23.2. The predicted octanol–water partition coefficient (Wildman–Crippen LogP) is 11.2. The third-order valence-electron chi connectivity index (χ3n) is 13.5. The zero-order valence-electron chi connectivity index (χ0n) is 28.0. The highest BCUT2D eigenvalue weighted by Gasteiger charge is 2.65. The molecule has 0 unspecified atom stereocenters. The Bertz CT molecular complexity index is 953. The second-order valence-corrected chi connectivity index (χ2v) is 16.3. The molecule has 8 atom stereocenters. The van der Waals surface area contributed by atoms with Crippen molar-refractivity contribution in [3.63, 3.8) is 0 Å². The molecule has 0 saturated heterocycles. The van der Waals surface area contributed by atoms with Gasteiger partial charge in [-0.2, -0.15) is 0 Å². The van der Waals surface area contributed by atoms with E-state index in [1.165, 1.54) is 69.8 Å². The Labute approximate surface area is 248 Å². The lowest BCUT2D eigenvalue weighted by Gasteiger charge is -2.64. The Morgan fingerprint density at radius 2 is 1.73 bits per heavy atom. The molecule has 3 saturated carbocycles. The number of unbranched alkanes of at least 4 members (excludes halogenated alkanes) is 4. The summed E-state index contributed by atoms with van der Waals surface area (Å²) in [5.74, 6) is 2.95. The van der Waals surface area contributed by atoms with Gasteiger partial charge in [0.25, 0.3) is 0 Å². The molecular weight excluding hydrogens is 488 g/mol. The van der Waals surface area contributed by atoms with Crippen LogP contribution in [0.15, 0.2) is 23.3 Å². The van der Waals surface area contributed by atoms with Crippen LogP contribution in [0, 0.1) is 45.3 Å². The van der Waals surface area contributed by atoms with Crippen molar-refractivity contribution in [1.82, 2.24) is 0 Å². The van der Waals surface area contributed by atoms with Crippen molar-refractivity contribution >= 4 is 5.97 Å². The summed E-state index contributed by atoms with van der Waals surface area (Å²) < 4.78 is 6.27. The van der Waals surface area contributed by atoms with Gasteiger partial charge in [-0.05, 0) is 118 Å². The summed E-state index contributed by atoms with van der Waals surface area (Å²) in [6, 6.07) is 0. The number of rotatable bonds is 11. The molecule has 4 aliphatic carbocycles. The van der Waals surface area contributed by atoms with Crippen LogP contribution < -0.4 is 0 Å². The fourth-order valence-electron chi connectivity index (χ4n) is 10.8. The largest absolute Gasteiger partial charge is 0.462 e. The number of esters is 1. The normalized spacial score (nSPS) is 38.9. The van der Waals surface area contributed by atoms with Crippen molar-refractivity contribution in [3.05, 3.63) is 23.3 Å². The smallest absolute Gasteiger partial charge is 0.306 e. The minimum absolute atomic E-state index is 0.0200. The van der Waals surface area contributed by atoms with Gasteiger partial charge in [-0.25, -0.2) is 0 Å². The molecule has 3 fully saturated rings. The van der Waals surface area contributed by atoms with Crippen LogP contribution in [0.2, 0.25) is 0 Å². The molecule has 0 radical (unpaired) electrons. The fourth-order valence-corrected chi connectivity index (χ4v) is 10.8. The summed E-state index contributed by atoms with van der Waals surface area (Å²) in [4.78, 5) is 12.8. The van der Waals surface area contributed by atoms with Gasteiger partial charge in [-0.1, -0.05) is 97.4 Å². The van der Waals surface area contributed by atoms with Crippen molar-refractivity contribution < 1.29 is 9.53 Å². The van der Waals surface area contributed by atoms with Gasteiger partial charge < -0.3 is 4.74 Å². The molecule has 2 heteroatoms. The lowest BCUT2D eigenvalue weighted by atomic mass is 9.41. The molecule has 0 aromatic rings. The first-order valence-corrected chi connectivity index (χ1v) is 17.3. The number of allylic oxidation sites excluding steroid dienone is 4. The summed E-state index contributed by atoms with van der Waals surface area (Å²) in [6.45, 7) is 22.1. The van der Waals surface area contributed by atoms with Crippen molar-refractivity contribution in [3.8, 4) is 0 Å². The van der Waals surface area contributed by atoms with Gasteiger partial charge in [-0.15, -0.1) is 0 Å². The zero-order chi connectivity index (χ0) is 29.3. The molecule has 0 amide bonds. The average molecular weight is 553 g/mol. The van der Waals surface area contributed by atoms with Crippen molar-refractivity contribution in [1.29, 1.82) is 0 Å². The minimum atomic E-state index is 0.0200. The average Bonchev–Trinajstić information content (AvgIpc) is 3.16. The van der Waals surface area contributed by atoms with E-state index in [2.05, 4.69) is 74.5 Å². The standard InChI is InChI=1S/C38H64O2/c1-10-11-12-13-14-18-34(39)40-33-23-24-36(7)30-22-26-37(8)29(28(4)17-15-16-27(2)3)21-25-38(37,9)31(30)19-20-32(36)35(33,5)6/h16,19,28-30,32-33H,10-15,17-18,20-26H2,1-9H3/t28-,29-,30-,32-,33-,36+,37-,38+/m0/s1. The maximum absolute atomic E-state index is 12.8. The molecule has 2 nitrogen and oxygen atoms in total. The first-order chi connectivity index (χ1) is 18.8. The van der Waals surface area contributed by atoms with E-state index in [-0.39, 0.29) is 17.5 Å². The van der Waals surface area contributed by atoms with E-state index in [0.29, 0.717) is 34.5 Å². The number of ether oxygens (including phenoxy) is 1. The number of hydrogen-bond donors (Lipinski definition) is 0. The third-order valence-corrected chi connectivity index (χ3v) is 13.5. The Kier molecular flexibility index (Phi) is 9.79. The van der Waals surface area contributed by atoms with E-state index in [4.69, 9.17) is 4.74 Å². The molecule has 40 heavy (non-hydrogen) atoms. The maximum atomic E-state index is 12.8. The van der Waals surface area contributed by atoms with E-state index in [1.807, 2.05) is 5.57 Å². The Morgan fingerprint density at radius 3 is 2.42 bits per heavy atom. The number of carbonyl (C=O) groups excluding carboxylic acids is 1. The summed E-state index contributed by atoms with van der Waals surface area (Å²) in [7, 11) is 0. The molecule has 228 valence electrons. The summed E-state index contributed by atoms with van der Waals surface area (Å²) >= 11 is 0. The van der Waals surface area contributed by atoms with Gasteiger partial charge in [0.1, 0.15) is 6.10 Å². The predicted molar refractivity (Wildman–Crippen MR) is 170 cm³/mol. The highest BCUT2D eigenvalue weighted by atomic mass is 16.5. The van der Waals surface area contributed by atoms with E-state index >= 15 is 0 Å². The molecule has 0 aromatic heterocycles. The topological polar surface area (TPSA) is 26.3 Å². The second kappa shape index (κ2) is 12.3. The third kappa shape index (κ3) is 5.65. The molecule has 0 heterocycles. The first-order valence-electron chi connectivity index (χ1n) is 17.3. The van der Waals surface area contributed by atoms with Crippen LogP contribution in [-0.4, -0.2) is 12.1 Å². The quantitative estimate of drug-likeness (QED) is 0.145. The molecule has 0 N–H and O–H groups in total. The monoisotopic (exact) mass is 552 g/mol. The Morgan fingerprint density at radius 1 is 1.00 bits per heavy atom. The van der Waals surface area contributed by atoms with Crippen LogP contribution in [0.25, 0.3) is 0 Å². The van der Waals surface area contributed by atoms with Crippen LogP contribution in [-0.2, 0) is 9.53 Å². The minimum Gasteiger partial charge on any atom is -0.462 e. The van der Waals surface area contributed by atoms with E-state index < -0.39 is 0 Å². The maximum Gasteiger partial charge on any atom is 0.306 e.